The van der Waals surface area contributed by atoms with E-state index in [9.17, 15) is 9.59 Å². The molecule has 5 nitrogen and oxygen atoms in total. The number of nitrogens with one attached hydrogen (secondary N) is 2. The normalized spacial score (nSPS) is 16.6. The number of carbonyl (C=O) groups is 2. The molecule has 1 aliphatic heterocycles. The molecule has 3 rings (SSSR count). The van der Waals surface area contributed by atoms with Gasteiger partial charge in [-0.05, 0) is 38.1 Å². The Morgan fingerprint density at radius 3 is 2.70 bits per heavy atom. The van der Waals surface area contributed by atoms with Crippen LogP contribution in [0.2, 0.25) is 0 Å². The third kappa shape index (κ3) is 3.34. The van der Waals surface area contributed by atoms with Crippen LogP contribution in [0.5, 0.6) is 5.75 Å². The molecule has 0 bridgehead atoms. The molecule has 0 aromatic heterocycles. The lowest BCUT2D eigenvalue weighted by atomic mass is 10.1. The topological polar surface area (TPSA) is 67.4 Å². The van der Waals surface area contributed by atoms with E-state index < -0.39 is 0 Å². The molecular weight excluding hydrogens is 292 g/mol. The molecule has 1 aliphatic rings. The van der Waals surface area contributed by atoms with Crippen molar-refractivity contribution in [1.82, 2.24) is 0 Å². The number of hydrogen-bond acceptors (Lipinski definition) is 3. The molecule has 5 heteroatoms. The van der Waals surface area contributed by atoms with Crippen molar-refractivity contribution in [2.75, 3.05) is 10.6 Å². The van der Waals surface area contributed by atoms with Crippen LogP contribution in [0.25, 0.3) is 0 Å². The minimum Gasteiger partial charge on any atom is -0.487 e. The first-order valence-corrected chi connectivity index (χ1v) is 7.50. The summed E-state index contributed by atoms with van der Waals surface area (Å²) in [6.45, 7) is 3.80. The summed E-state index contributed by atoms with van der Waals surface area (Å²) >= 11 is 0. The van der Waals surface area contributed by atoms with Gasteiger partial charge < -0.3 is 15.4 Å². The fourth-order valence-corrected chi connectivity index (χ4v) is 2.48. The molecule has 0 spiro atoms. The highest BCUT2D eigenvalue weighted by molar-refractivity contribution is 6.08. The Kier molecular flexibility index (Phi) is 4.02. The number of ether oxygens (including phenoxy) is 1. The summed E-state index contributed by atoms with van der Waals surface area (Å²) in [5, 5.41) is 5.63. The smallest absolute Gasteiger partial charge is 0.259 e. The second-order valence-corrected chi connectivity index (χ2v) is 5.68. The second kappa shape index (κ2) is 6.12. The monoisotopic (exact) mass is 310 g/mol. The van der Waals surface area contributed by atoms with Crippen molar-refractivity contribution in [2.24, 2.45) is 0 Å². The van der Waals surface area contributed by atoms with Gasteiger partial charge in [-0.1, -0.05) is 23.8 Å². The summed E-state index contributed by atoms with van der Waals surface area (Å²) in [7, 11) is 0. The zero-order valence-corrected chi connectivity index (χ0v) is 13.1. The molecule has 2 aromatic rings. The number of benzene rings is 2. The summed E-state index contributed by atoms with van der Waals surface area (Å²) in [6.07, 6.45) is -0.0298. The average molecular weight is 310 g/mol. The van der Waals surface area contributed by atoms with Crippen molar-refractivity contribution in [3.8, 4) is 5.75 Å². The van der Waals surface area contributed by atoms with E-state index in [1.54, 1.807) is 18.2 Å². The highest BCUT2D eigenvalue weighted by atomic mass is 16.5. The van der Waals surface area contributed by atoms with E-state index in [1.165, 1.54) is 0 Å². The highest BCUT2D eigenvalue weighted by Gasteiger charge is 2.24. The molecule has 0 fully saturated rings. The van der Waals surface area contributed by atoms with Gasteiger partial charge in [0.15, 0.2) is 5.75 Å². The first kappa shape index (κ1) is 15.1. The number of carbonyl (C=O) groups excluding carboxylic acids is 2. The van der Waals surface area contributed by atoms with Gasteiger partial charge in [-0.3, -0.25) is 9.59 Å². The van der Waals surface area contributed by atoms with Crippen LogP contribution >= 0.6 is 0 Å². The summed E-state index contributed by atoms with van der Waals surface area (Å²) in [5.41, 5.74) is 2.76. The van der Waals surface area contributed by atoms with E-state index in [2.05, 4.69) is 10.6 Å². The number of para-hydroxylation sites is 1. The van der Waals surface area contributed by atoms with Crippen LogP contribution < -0.4 is 15.4 Å². The number of anilines is 2. The summed E-state index contributed by atoms with van der Waals surface area (Å²) in [4.78, 5) is 24.3. The lowest BCUT2D eigenvalue weighted by Crippen LogP contribution is -2.18. The van der Waals surface area contributed by atoms with Crippen molar-refractivity contribution in [1.29, 1.82) is 0 Å². The number of fused-ring (bicyclic) bond motifs is 1. The molecule has 118 valence electrons. The molecule has 0 radical (unpaired) electrons. The lowest BCUT2D eigenvalue weighted by Gasteiger charge is -2.15. The number of rotatable bonds is 2. The lowest BCUT2D eigenvalue weighted by molar-refractivity contribution is -0.117. The minimum atomic E-state index is -0.287. The standard InChI is InChI=1S/C18H18N2O3/c1-11-6-8-13(9-7-11)19-18(22)14-4-3-5-15-17(14)23-12(2)10-16(21)20-15/h3-9,12H,10H2,1-2H3,(H,19,22)(H,20,21). The Hall–Kier alpha value is -2.82. The van der Waals surface area contributed by atoms with Crippen molar-refractivity contribution in [3.63, 3.8) is 0 Å². The van der Waals surface area contributed by atoms with Crippen LogP contribution in [-0.4, -0.2) is 17.9 Å². The molecule has 1 heterocycles. The maximum absolute atomic E-state index is 12.6. The van der Waals surface area contributed by atoms with E-state index in [-0.39, 0.29) is 24.3 Å². The van der Waals surface area contributed by atoms with E-state index in [1.807, 2.05) is 38.1 Å². The van der Waals surface area contributed by atoms with Crippen LogP contribution in [0, 0.1) is 6.92 Å². The minimum absolute atomic E-state index is 0.118. The molecule has 23 heavy (non-hydrogen) atoms. The SMILES string of the molecule is Cc1ccc(NC(=O)c2cccc3c2OC(C)CC(=O)N3)cc1. The Balaban J connectivity index is 1.91. The number of hydrogen-bond donors (Lipinski definition) is 2. The van der Waals surface area contributed by atoms with Crippen LogP contribution in [0.1, 0.15) is 29.3 Å². The third-order valence-corrected chi connectivity index (χ3v) is 3.64. The molecule has 2 N–H and O–H groups in total. The van der Waals surface area contributed by atoms with Gasteiger partial charge in [0.2, 0.25) is 5.91 Å². The van der Waals surface area contributed by atoms with Gasteiger partial charge in [0.05, 0.1) is 17.7 Å². The summed E-state index contributed by atoms with van der Waals surface area (Å²) < 4.78 is 5.79. The maximum atomic E-state index is 12.6. The molecule has 2 aromatic carbocycles. The van der Waals surface area contributed by atoms with E-state index in [0.29, 0.717) is 22.7 Å². The molecule has 0 saturated carbocycles. The number of amides is 2. The zero-order chi connectivity index (χ0) is 16.4. The van der Waals surface area contributed by atoms with E-state index in [0.717, 1.165) is 5.56 Å². The predicted molar refractivity (Wildman–Crippen MR) is 88.9 cm³/mol. The predicted octanol–water partition coefficient (Wildman–Crippen LogP) is 3.36. The number of aryl methyl sites for hydroxylation is 1. The van der Waals surface area contributed by atoms with E-state index in [4.69, 9.17) is 4.74 Å². The van der Waals surface area contributed by atoms with Gasteiger partial charge in [-0.2, -0.15) is 0 Å². The zero-order valence-electron chi connectivity index (χ0n) is 13.1. The Bertz CT molecular complexity index is 753. The summed E-state index contributed by atoms with van der Waals surface area (Å²) in [6, 6.07) is 12.7. The molecular formula is C18H18N2O3. The van der Waals surface area contributed by atoms with Crippen molar-refractivity contribution >= 4 is 23.2 Å². The highest BCUT2D eigenvalue weighted by Crippen LogP contribution is 2.33. The van der Waals surface area contributed by atoms with Crippen molar-refractivity contribution in [2.45, 2.75) is 26.4 Å². The van der Waals surface area contributed by atoms with Crippen LogP contribution in [-0.2, 0) is 4.79 Å². The summed E-state index contributed by atoms with van der Waals surface area (Å²) in [5.74, 6) is 0.0249. The van der Waals surface area contributed by atoms with Gasteiger partial charge >= 0.3 is 0 Å². The molecule has 1 atom stereocenters. The van der Waals surface area contributed by atoms with Gasteiger partial charge in [-0.25, -0.2) is 0 Å². The van der Waals surface area contributed by atoms with Crippen molar-refractivity contribution < 1.29 is 14.3 Å². The molecule has 1 unspecified atom stereocenters. The molecule has 2 amide bonds. The quantitative estimate of drug-likeness (QED) is 0.894. The van der Waals surface area contributed by atoms with Crippen LogP contribution in [0.3, 0.4) is 0 Å². The Labute approximate surface area is 134 Å². The van der Waals surface area contributed by atoms with Gasteiger partial charge in [0.1, 0.15) is 6.10 Å². The van der Waals surface area contributed by atoms with Gasteiger partial charge in [0, 0.05) is 5.69 Å². The average Bonchev–Trinajstić information content (AvgIpc) is 2.65. The van der Waals surface area contributed by atoms with Gasteiger partial charge in [-0.15, -0.1) is 0 Å². The fourth-order valence-electron chi connectivity index (χ4n) is 2.48. The van der Waals surface area contributed by atoms with Gasteiger partial charge in [0.25, 0.3) is 5.91 Å². The van der Waals surface area contributed by atoms with E-state index >= 15 is 0 Å². The molecule has 0 aliphatic carbocycles. The van der Waals surface area contributed by atoms with Crippen LogP contribution in [0.4, 0.5) is 11.4 Å². The first-order chi connectivity index (χ1) is 11.0. The third-order valence-electron chi connectivity index (χ3n) is 3.64. The van der Waals surface area contributed by atoms with Crippen LogP contribution in [0.15, 0.2) is 42.5 Å². The first-order valence-electron chi connectivity index (χ1n) is 7.50. The van der Waals surface area contributed by atoms with Crippen molar-refractivity contribution in [3.05, 3.63) is 53.6 Å². The Morgan fingerprint density at radius 1 is 1.22 bits per heavy atom. The molecule has 0 saturated heterocycles. The maximum Gasteiger partial charge on any atom is 0.259 e. The fraction of sp³-hybridized carbons (Fsp3) is 0.222. The largest absolute Gasteiger partial charge is 0.487 e. The Morgan fingerprint density at radius 2 is 1.96 bits per heavy atom. The second-order valence-electron chi connectivity index (χ2n) is 5.68.